The van der Waals surface area contributed by atoms with Crippen molar-refractivity contribution in [3.8, 4) is 0 Å². The second kappa shape index (κ2) is 4.97. The first-order chi connectivity index (χ1) is 8.10. The Morgan fingerprint density at radius 3 is 2.47 bits per heavy atom. The Morgan fingerprint density at radius 2 is 2.00 bits per heavy atom. The van der Waals surface area contributed by atoms with Crippen molar-refractivity contribution >= 4 is 5.91 Å². The zero-order valence-electron chi connectivity index (χ0n) is 11.5. The molecule has 0 radical (unpaired) electrons. The highest BCUT2D eigenvalue weighted by atomic mass is 16.2. The van der Waals surface area contributed by atoms with Crippen LogP contribution < -0.4 is 5.32 Å². The lowest BCUT2D eigenvalue weighted by Gasteiger charge is -2.57. The van der Waals surface area contributed by atoms with Gasteiger partial charge < -0.3 is 10.2 Å². The average molecular weight is 238 g/mol. The standard InChI is InChI=1S/C14H26N2O/c1-11(2)13(17)16-12(10-15-3)6-4-7-14(16)8-5-9-14/h11-12,15H,4-10H2,1-3H3. The molecule has 17 heavy (non-hydrogen) atoms. The minimum atomic E-state index is 0.130. The van der Waals surface area contributed by atoms with Crippen molar-refractivity contribution in [3.05, 3.63) is 0 Å². The number of hydrogen-bond acceptors (Lipinski definition) is 2. The van der Waals surface area contributed by atoms with Crippen molar-refractivity contribution in [1.29, 1.82) is 0 Å². The van der Waals surface area contributed by atoms with Crippen LogP contribution in [0, 0.1) is 5.92 Å². The maximum atomic E-state index is 12.5. The molecule has 0 aromatic rings. The van der Waals surface area contributed by atoms with Gasteiger partial charge in [-0.2, -0.15) is 0 Å². The fraction of sp³-hybridized carbons (Fsp3) is 0.929. The lowest BCUT2D eigenvalue weighted by molar-refractivity contribution is -0.154. The lowest BCUT2D eigenvalue weighted by Crippen LogP contribution is -2.64. The molecular formula is C14H26N2O. The van der Waals surface area contributed by atoms with Gasteiger partial charge in [-0.15, -0.1) is 0 Å². The molecular weight excluding hydrogens is 212 g/mol. The van der Waals surface area contributed by atoms with Crippen LogP contribution in [0.4, 0.5) is 0 Å². The zero-order chi connectivity index (χ0) is 12.5. The van der Waals surface area contributed by atoms with E-state index in [1.54, 1.807) is 0 Å². The molecule has 3 nitrogen and oxygen atoms in total. The Balaban J connectivity index is 2.19. The summed E-state index contributed by atoms with van der Waals surface area (Å²) in [6, 6.07) is 0.420. The van der Waals surface area contributed by atoms with Gasteiger partial charge in [0.2, 0.25) is 5.91 Å². The van der Waals surface area contributed by atoms with Crippen LogP contribution >= 0.6 is 0 Å². The minimum absolute atomic E-state index is 0.130. The molecule has 2 fully saturated rings. The second-order valence-electron chi connectivity index (χ2n) is 6.04. The number of amides is 1. The first kappa shape index (κ1) is 12.9. The number of nitrogens with one attached hydrogen (secondary N) is 1. The molecule has 1 N–H and O–H groups in total. The number of hydrogen-bond donors (Lipinski definition) is 1. The van der Waals surface area contributed by atoms with Gasteiger partial charge in [0.05, 0.1) is 0 Å². The van der Waals surface area contributed by atoms with E-state index in [-0.39, 0.29) is 11.5 Å². The monoisotopic (exact) mass is 238 g/mol. The number of nitrogens with zero attached hydrogens (tertiary/aromatic N) is 1. The summed E-state index contributed by atoms with van der Waals surface area (Å²) in [5, 5.41) is 3.25. The van der Waals surface area contributed by atoms with E-state index < -0.39 is 0 Å². The van der Waals surface area contributed by atoms with Gasteiger partial charge >= 0.3 is 0 Å². The van der Waals surface area contributed by atoms with Crippen molar-refractivity contribution in [1.82, 2.24) is 10.2 Å². The molecule has 1 aliphatic heterocycles. The lowest BCUT2D eigenvalue weighted by atomic mass is 9.68. The molecule has 2 aliphatic rings. The van der Waals surface area contributed by atoms with E-state index in [1.165, 1.54) is 38.5 Å². The predicted molar refractivity (Wildman–Crippen MR) is 69.8 cm³/mol. The van der Waals surface area contributed by atoms with Crippen LogP contribution in [-0.2, 0) is 4.79 Å². The molecule has 98 valence electrons. The molecule has 1 atom stereocenters. The van der Waals surface area contributed by atoms with Crippen LogP contribution in [0.25, 0.3) is 0 Å². The molecule has 1 saturated carbocycles. The van der Waals surface area contributed by atoms with Gasteiger partial charge in [0, 0.05) is 24.0 Å². The summed E-state index contributed by atoms with van der Waals surface area (Å²) in [4.78, 5) is 14.8. The number of rotatable bonds is 3. The third-order valence-electron chi connectivity index (χ3n) is 4.51. The first-order valence-corrected chi connectivity index (χ1v) is 7.08. The molecule has 1 heterocycles. The van der Waals surface area contributed by atoms with E-state index in [4.69, 9.17) is 0 Å². The van der Waals surface area contributed by atoms with Crippen LogP contribution in [0.15, 0.2) is 0 Å². The van der Waals surface area contributed by atoms with E-state index >= 15 is 0 Å². The van der Waals surface area contributed by atoms with Crippen LogP contribution in [0.2, 0.25) is 0 Å². The first-order valence-electron chi connectivity index (χ1n) is 7.08. The summed E-state index contributed by atoms with van der Waals surface area (Å²) in [7, 11) is 1.99. The van der Waals surface area contributed by atoms with Gasteiger partial charge in [-0.05, 0) is 45.6 Å². The van der Waals surface area contributed by atoms with E-state index in [9.17, 15) is 4.79 Å². The summed E-state index contributed by atoms with van der Waals surface area (Å²) in [5.74, 6) is 0.495. The topological polar surface area (TPSA) is 32.3 Å². The van der Waals surface area contributed by atoms with Crippen LogP contribution in [0.3, 0.4) is 0 Å². The fourth-order valence-electron chi connectivity index (χ4n) is 3.50. The highest BCUT2D eigenvalue weighted by molar-refractivity contribution is 5.79. The average Bonchev–Trinajstić information content (AvgIpc) is 2.26. The van der Waals surface area contributed by atoms with Crippen LogP contribution in [0.1, 0.15) is 52.4 Å². The second-order valence-corrected chi connectivity index (χ2v) is 6.04. The molecule has 0 bridgehead atoms. The predicted octanol–water partition coefficient (Wildman–Crippen LogP) is 2.17. The third-order valence-corrected chi connectivity index (χ3v) is 4.51. The zero-order valence-corrected chi connectivity index (χ0v) is 11.5. The third kappa shape index (κ3) is 2.22. The molecule has 3 heteroatoms. The molecule has 2 rings (SSSR count). The minimum Gasteiger partial charge on any atom is -0.333 e. The number of carbonyl (C=O) groups is 1. The van der Waals surface area contributed by atoms with Crippen molar-refractivity contribution in [2.45, 2.75) is 64.0 Å². The smallest absolute Gasteiger partial charge is 0.225 e. The van der Waals surface area contributed by atoms with Gasteiger partial charge in [0.25, 0.3) is 0 Å². The highest BCUT2D eigenvalue weighted by Gasteiger charge is 2.49. The molecule has 1 spiro atoms. The van der Waals surface area contributed by atoms with Gasteiger partial charge in [-0.3, -0.25) is 4.79 Å². The molecule has 1 unspecified atom stereocenters. The maximum absolute atomic E-state index is 12.5. The molecule has 0 aromatic heterocycles. The number of carbonyl (C=O) groups excluding carboxylic acids is 1. The summed E-state index contributed by atoms with van der Waals surface area (Å²) in [5.41, 5.74) is 0.237. The van der Waals surface area contributed by atoms with Gasteiger partial charge in [0.1, 0.15) is 0 Å². The Kier molecular flexibility index (Phi) is 3.76. The number of piperidine rings is 1. The number of likely N-dealkylation sites (tertiary alicyclic amines) is 1. The highest BCUT2D eigenvalue weighted by Crippen LogP contribution is 2.46. The van der Waals surface area contributed by atoms with E-state index in [2.05, 4.69) is 10.2 Å². The Hall–Kier alpha value is -0.570. The van der Waals surface area contributed by atoms with Crippen LogP contribution in [0.5, 0.6) is 0 Å². The SMILES string of the molecule is CNCC1CCCC2(CCC2)N1C(=O)C(C)C. The van der Waals surface area contributed by atoms with E-state index in [1.807, 2.05) is 20.9 Å². The van der Waals surface area contributed by atoms with E-state index in [0.29, 0.717) is 11.9 Å². The largest absolute Gasteiger partial charge is 0.333 e. The van der Waals surface area contributed by atoms with Crippen molar-refractivity contribution in [3.63, 3.8) is 0 Å². The van der Waals surface area contributed by atoms with E-state index in [0.717, 1.165) is 6.54 Å². The summed E-state index contributed by atoms with van der Waals surface area (Å²) in [6.07, 6.45) is 7.44. The molecule has 1 saturated heterocycles. The fourth-order valence-corrected chi connectivity index (χ4v) is 3.50. The van der Waals surface area contributed by atoms with Gasteiger partial charge in [0.15, 0.2) is 0 Å². The normalized spacial score (nSPS) is 27.3. The van der Waals surface area contributed by atoms with Gasteiger partial charge in [-0.25, -0.2) is 0 Å². The molecule has 1 amide bonds. The molecule has 1 aliphatic carbocycles. The summed E-state index contributed by atoms with van der Waals surface area (Å²) >= 11 is 0. The molecule has 0 aromatic carbocycles. The van der Waals surface area contributed by atoms with Crippen molar-refractivity contribution in [2.75, 3.05) is 13.6 Å². The quantitative estimate of drug-likeness (QED) is 0.817. The number of likely N-dealkylation sites (N-methyl/N-ethyl adjacent to an activating group) is 1. The van der Waals surface area contributed by atoms with Crippen molar-refractivity contribution < 1.29 is 4.79 Å². The Morgan fingerprint density at radius 1 is 1.35 bits per heavy atom. The maximum Gasteiger partial charge on any atom is 0.225 e. The Bertz CT molecular complexity index is 282. The van der Waals surface area contributed by atoms with Crippen molar-refractivity contribution in [2.24, 2.45) is 5.92 Å². The summed E-state index contributed by atoms with van der Waals surface area (Å²) < 4.78 is 0. The summed E-state index contributed by atoms with van der Waals surface area (Å²) in [6.45, 7) is 5.00. The Labute approximate surface area is 105 Å². The van der Waals surface area contributed by atoms with Crippen LogP contribution in [-0.4, -0.2) is 36.0 Å². The van der Waals surface area contributed by atoms with Gasteiger partial charge in [-0.1, -0.05) is 13.8 Å².